The van der Waals surface area contributed by atoms with Gasteiger partial charge in [-0.05, 0) is 23.8 Å². The zero-order chi connectivity index (χ0) is 21.3. The second-order valence-electron chi connectivity index (χ2n) is 7.43. The van der Waals surface area contributed by atoms with Crippen LogP contribution in [0.15, 0.2) is 65.9 Å². The minimum Gasteiger partial charge on any atom is -0.492 e. The molecule has 0 radical (unpaired) electrons. The summed E-state index contributed by atoms with van der Waals surface area (Å²) in [5.74, 6) is 2.64. The Morgan fingerprint density at radius 3 is 2.68 bits per heavy atom. The third kappa shape index (κ3) is 5.82. The standard InChI is InChI=1S/C23H29N7O/c1-24-23(25-17-19-6-5-7-20(16-19)22-26-18-27-28-22)30-12-10-29(11-13-30)14-15-31-21-8-3-2-4-9-21/h2-9,16,18H,10-15,17H2,1H3,(H,24,25)(H,26,27,28). The van der Waals surface area contributed by atoms with Gasteiger partial charge in [-0.3, -0.25) is 15.0 Å². The Bertz CT molecular complexity index is 951. The van der Waals surface area contributed by atoms with Gasteiger partial charge in [-0.1, -0.05) is 36.4 Å². The first-order chi connectivity index (χ1) is 15.3. The lowest BCUT2D eigenvalue weighted by Gasteiger charge is -2.36. The van der Waals surface area contributed by atoms with Crippen molar-refractivity contribution in [3.05, 3.63) is 66.5 Å². The molecule has 1 aliphatic rings. The average Bonchev–Trinajstić information content (AvgIpc) is 3.37. The first kappa shape index (κ1) is 20.9. The molecule has 1 saturated heterocycles. The van der Waals surface area contributed by atoms with E-state index in [0.717, 1.165) is 55.8 Å². The highest BCUT2D eigenvalue weighted by Gasteiger charge is 2.19. The van der Waals surface area contributed by atoms with Gasteiger partial charge in [0.2, 0.25) is 0 Å². The molecule has 3 aromatic rings. The maximum absolute atomic E-state index is 5.83. The average molecular weight is 420 g/mol. The minimum absolute atomic E-state index is 0.707. The third-order valence-corrected chi connectivity index (χ3v) is 5.37. The van der Waals surface area contributed by atoms with Crippen molar-refractivity contribution in [1.82, 2.24) is 30.3 Å². The number of piperazine rings is 1. The molecule has 1 fully saturated rings. The van der Waals surface area contributed by atoms with E-state index in [4.69, 9.17) is 4.74 Å². The number of nitrogens with zero attached hydrogens (tertiary/aromatic N) is 5. The molecule has 162 valence electrons. The maximum Gasteiger partial charge on any atom is 0.194 e. The first-order valence-electron chi connectivity index (χ1n) is 10.6. The molecule has 0 spiro atoms. The van der Waals surface area contributed by atoms with Crippen LogP contribution >= 0.6 is 0 Å². The fraction of sp³-hybridized carbons (Fsp3) is 0.348. The Kier molecular flexibility index (Phi) is 7.12. The number of para-hydroxylation sites is 1. The van der Waals surface area contributed by atoms with E-state index in [1.807, 2.05) is 49.5 Å². The van der Waals surface area contributed by atoms with Gasteiger partial charge in [0.25, 0.3) is 0 Å². The largest absolute Gasteiger partial charge is 0.492 e. The molecule has 2 N–H and O–H groups in total. The molecule has 8 nitrogen and oxygen atoms in total. The summed E-state index contributed by atoms with van der Waals surface area (Å²) in [4.78, 5) is 13.5. The molecule has 0 bridgehead atoms. The zero-order valence-corrected chi connectivity index (χ0v) is 17.9. The van der Waals surface area contributed by atoms with Crippen molar-refractivity contribution >= 4 is 5.96 Å². The summed E-state index contributed by atoms with van der Waals surface area (Å²) >= 11 is 0. The van der Waals surface area contributed by atoms with Crippen LogP contribution in [0.25, 0.3) is 11.4 Å². The molecule has 2 heterocycles. The topological polar surface area (TPSA) is 81.7 Å². The lowest BCUT2D eigenvalue weighted by Crippen LogP contribution is -2.52. The Hall–Kier alpha value is -3.39. The third-order valence-electron chi connectivity index (χ3n) is 5.37. The van der Waals surface area contributed by atoms with Crippen LogP contribution in [0.2, 0.25) is 0 Å². The van der Waals surface area contributed by atoms with Crippen LogP contribution in [0, 0.1) is 0 Å². The van der Waals surface area contributed by atoms with Gasteiger partial charge < -0.3 is 15.0 Å². The van der Waals surface area contributed by atoms with E-state index < -0.39 is 0 Å². The molecule has 0 atom stereocenters. The molecular weight excluding hydrogens is 390 g/mol. The number of hydrogen-bond acceptors (Lipinski definition) is 5. The molecule has 0 aliphatic carbocycles. The molecule has 1 aliphatic heterocycles. The van der Waals surface area contributed by atoms with Gasteiger partial charge in [-0.2, -0.15) is 5.10 Å². The molecule has 8 heteroatoms. The van der Waals surface area contributed by atoms with Gasteiger partial charge in [-0.25, -0.2) is 4.98 Å². The molecule has 2 aromatic carbocycles. The van der Waals surface area contributed by atoms with E-state index in [9.17, 15) is 0 Å². The first-order valence-corrected chi connectivity index (χ1v) is 10.6. The van der Waals surface area contributed by atoms with E-state index in [1.54, 1.807) is 0 Å². The number of nitrogens with one attached hydrogen (secondary N) is 2. The number of rotatable bonds is 7. The van der Waals surface area contributed by atoms with Crippen LogP contribution in [0.5, 0.6) is 5.75 Å². The summed E-state index contributed by atoms with van der Waals surface area (Å²) in [6.45, 7) is 6.24. The monoisotopic (exact) mass is 419 g/mol. The van der Waals surface area contributed by atoms with Crippen molar-refractivity contribution < 1.29 is 4.74 Å². The van der Waals surface area contributed by atoms with Crippen molar-refractivity contribution in [3.8, 4) is 17.1 Å². The summed E-state index contributed by atoms with van der Waals surface area (Å²) in [6, 6.07) is 18.3. The highest BCUT2D eigenvalue weighted by Crippen LogP contribution is 2.15. The van der Waals surface area contributed by atoms with Crippen LogP contribution in [0.1, 0.15) is 5.56 Å². The number of guanidine groups is 1. The van der Waals surface area contributed by atoms with Crippen LogP contribution < -0.4 is 10.1 Å². The van der Waals surface area contributed by atoms with Gasteiger partial charge in [0.05, 0.1) is 0 Å². The van der Waals surface area contributed by atoms with Gasteiger partial charge in [-0.15, -0.1) is 0 Å². The van der Waals surface area contributed by atoms with Crippen LogP contribution in [-0.4, -0.2) is 77.3 Å². The highest BCUT2D eigenvalue weighted by atomic mass is 16.5. The predicted molar refractivity (Wildman–Crippen MR) is 122 cm³/mol. The van der Waals surface area contributed by atoms with E-state index in [1.165, 1.54) is 11.9 Å². The summed E-state index contributed by atoms with van der Waals surface area (Å²) in [7, 11) is 1.84. The number of H-pyrrole nitrogens is 1. The predicted octanol–water partition coefficient (Wildman–Crippen LogP) is 2.24. The second kappa shape index (κ2) is 10.6. The molecule has 0 saturated carbocycles. The molecule has 0 amide bonds. The molecule has 4 rings (SSSR count). The Labute approximate surface area is 183 Å². The quantitative estimate of drug-likeness (QED) is 0.452. The lowest BCUT2D eigenvalue weighted by molar-refractivity contribution is 0.152. The van der Waals surface area contributed by atoms with Crippen LogP contribution in [0.3, 0.4) is 0 Å². The van der Waals surface area contributed by atoms with E-state index in [2.05, 4.69) is 47.4 Å². The number of benzene rings is 2. The van der Waals surface area contributed by atoms with Crippen molar-refractivity contribution in [3.63, 3.8) is 0 Å². The zero-order valence-electron chi connectivity index (χ0n) is 17.9. The number of aliphatic imine (C=N–C) groups is 1. The highest BCUT2D eigenvalue weighted by molar-refractivity contribution is 5.80. The van der Waals surface area contributed by atoms with Crippen LogP contribution in [0.4, 0.5) is 0 Å². The smallest absolute Gasteiger partial charge is 0.194 e. The molecule has 31 heavy (non-hydrogen) atoms. The number of aromatic amines is 1. The summed E-state index contributed by atoms with van der Waals surface area (Å²) in [6.07, 6.45) is 1.52. The Balaban J connectivity index is 1.22. The van der Waals surface area contributed by atoms with E-state index in [-0.39, 0.29) is 0 Å². The second-order valence-corrected chi connectivity index (χ2v) is 7.43. The number of hydrogen-bond donors (Lipinski definition) is 2. The summed E-state index contributed by atoms with van der Waals surface area (Å²) in [5, 5.41) is 10.3. The van der Waals surface area contributed by atoms with E-state index in [0.29, 0.717) is 13.2 Å². The van der Waals surface area contributed by atoms with Gasteiger partial charge >= 0.3 is 0 Å². The Morgan fingerprint density at radius 1 is 1.10 bits per heavy atom. The SMILES string of the molecule is CN=C(NCc1cccc(-c2ncn[nH]2)c1)N1CCN(CCOc2ccccc2)CC1. The normalized spacial score (nSPS) is 15.1. The fourth-order valence-electron chi connectivity index (χ4n) is 3.68. The van der Waals surface area contributed by atoms with Crippen molar-refractivity contribution in [1.29, 1.82) is 0 Å². The van der Waals surface area contributed by atoms with Crippen LogP contribution in [-0.2, 0) is 6.54 Å². The van der Waals surface area contributed by atoms with Crippen molar-refractivity contribution in [2.75, 3.05) is 46.4 Å². The minimum atomic E-state index is 0.707. The Morgan fingerprint density at radius 2 is 1.94 bits per heavy atom. The number of ether oxygens (including phenoxy) is 1. The summed E-state index contributed by atoms with van der Waals surface area (Å²) < 4.78 is 5.83. The lowest BCUT2D eigenvalue weighted by atomic mass is 10.1. The number of aromatic nitrogens is 3. The summed E-state index contributed by atoms with van der Waals surface area (Å²) in [5.41, 5.74) is 2.20. The molecule has 0 unspecified atom stereocenters. The molecule has 1 aromatic heterocycles. The van der Waals surface area contributed by atoms with E-state index >= 15 is 0 Å². The van der Waals surface area contributed by atoms with Gasteiger partial charge in [0.15, 0.2) is 11.8 Å². The molecular formula is C23H29N7O. The fourth-order valence-corrected chi connectivity index (χ4v) is 3.68. The van der Waals surface area contributed by atoms with Gasteiger partial charge in [0.1, 0.15) is 18.7 Å². The van der Waals surface area contributed by atoms with Gasteiger partial charge in [0, 0.05) is 51.9 Å². The maximum atomic E-state index is 5.83. The van der Waals surface area contributed by atoms with Crippen molar-refractivity contribution in [2.45, 2.75) is 6.54 Å². The van der Waals surface area contributed by atoms with Crippen molar-refractivity contribution in [2.24, 2.45) is 4.99 Å².